The first-order valence-corrected chi connectivity index (χ1v) is 9.28. The Kier molecular flexibility index (Phi) is 5.73. The third-order valence-corrected chi connectivity index (χ3v) is 4.57. The van der Waals surface area contributed by atoms with Gasteiger partial charge in [-0.2, -0.15) is 5.10 Å². The Morgan fingerprint density at radius 3 is 2.54 bits per heavy atom. The molecule has 0 fully saturated rings. The van der Waals surface area contributed by atoms with Crippen molar-refractivity contribution in [2.45, 2.75) is 40.5 Å². The Balaban J connectivity index is 1.64. The van der Waals surface area contributed by atoms with Crippen molar-refractivity contribution in [3.63, 3.8) is 0 Å². The van der Waals surface area contributed by atoms with Crippen LogP contribution in [-0.4, -0.2) is 33.1 Å². The summed E-state index contributed by atoms with van der Waals surface area (Å²) in [5.74, 6) is -0.470. The minimum absolute atomic E-state index is 0.0978. The number of aromatic nitrogens is 3. The van der Waals surface area contributed by atoms with Gasteiger partial charge in [-0.25, -0.2) is 14.3 Å². The van der Waals surface area contributed by atoms with Crippen molar-refractivity contribution >= 4 is 23.2 Å². The predicted molar refractivity (Wildman–Crippen MR) is 107 cm³/mol. The summed E-state index contributed by atoms with van der Waals surface area (Å²) >= 11 is 0. The first-order valence-electron chi connectivity index (χ1n) is 9.28. The third-order valence-electron chi connectivity index (χ3n) is 4.57. The average Bonchev–Trinajstić information content (AvgIpc) is 3.02. The van der Waals surface area contributed by atoms with Gasteiger partial charge in [0, 0.05) is 29.6 Å². The van der Waals surface area contributed by atoms with Gasteiger partial charge in [-0.3, -0.25) is 4.79 Å². The van der Waals surface area contributed by atoms with Crippen LogP contribution in [0.15, 0.2) is 30.3 Å². The second-order valence-electron chi connectivity index (χ2n) is 6.66. The quantitative estimate of drug-likeness (QED) is 0.663. The largest absolute Gasteiger partial charge is 0.462 e. The molecule has 0 aliphatic rings. The molecule has 0 aliphatic carbocycles. The van der Waals surface area contributed by atoms with E-state index in [1.807, 2.05) is 31.4 Å². The van der Waals surface area contributed by atoms with Crippen LogP contribution >= 0.6 is 0 Å². The van der Waals surface area contributed by atoms with Gasteiger partial charge in [0.2, 0.25) is 5.91 Å². The second-order valence-corrected chi connectivity index (χ2v) is 6.66. The maximum atomic E-state index is 12.4. The zero-order valence-electron chi connectivity index (χ0n) is 16.6. The molecule has 0 atom stereocenters. The number of anilines is 1. The molecule has 28 heavy (non-hydrogen) atoms. The van der Waals surface area contributed by atoms with Gasteiger partial charge in [0.25, 0.3) is 0 Å². The van der Waals surface area contributed by atoms with Crippen molar-refractivity contribution < 1.29 is 14.3 Å². The fraction of sp³-hybridized carbons (Fsp3) is 0.333. The number of aryl methyl sites for hydroxylation is 3. The number of esters is 1. The number of fused-ring (bicyclic) bond motifs is 1. The summed E-state index contributed by atoms with van der Waals surface area (Å²) < 4.78 is 6.77. The zero-order valence-corrected chi connectivity index (χ0v) is 16.6. The lowest BCUT2D eigenvalue weighted by Gasteiger charge is -2.11. The minimum Gasteiger partial charge on any atom is -0.462 e. The number of benzene rings is 1. The molecular weight excluding hydrogens is 356 g/mol. The maximum Gasteiger partial charge on any atom is 0.338 e. The van der Waals surface area contributed by atoms with Crippen LogP contribution in [-0.2, 0) is 16.0 Å². The number of carbonyl (C=O) groups excluding carboxylic acids is 2. The predicted octanol–water partition coefficient (Wildman–Crippen LogP) is 3.40. The lowest BCUT2D eigenvalue weighted by Crippen LogP contribution is -2.14. The van der Waals surface area contributed by atoms with Crippen molar-refractivity contribution in [3.8, 4) is 0 Å². The lowest BCUT2D eigenvalue weighted by molar-refractivity contribution is -0.116. The van der Waals surface area contributed by atoms with E-state index in [0.717, 1.165) is 28.3 Å². The summed E-state index contributed by atoms with van der Waals surface area (Å²) in [5.41, 5.74) is 5.78. The Labute approximate surface area is 163 Å². The molecule has 0 radical (unpaired) electrons. The fourth-order valence-electron chi connectivity index (χ4n) is 3.17. The number of hydrogen-bond donors (Lipinski definition) is 1. The Hall–Kier alpha value is -3.22. The molecule has 0 saturated carbocycles. The average molecular weight is 380 g/mol. The lowest BCUT2D eigenvalue weighted by atomic mass is 10.1. The number of amides is 1. The Bertz CT molecular complexity index is 1020. The van der Waals surface area contributed by atoms with Gasteiger partial charge in [0.1, 0.15) is 0 Å². The second kappa shape index (κ2) is 8.21. The molecule has 2 heterocycles. The van der Waals surface area contributed by atoms with E-state index in [0.29, 0.717) is 30.7 Å². The molecule has 0 spiro atoms. The van der Waals surface area contributed by atoms with E-state index in [-0.39, 0.29) is 11.9 Å². The molecule has 146 valence electrons. The van der Waals surface area contributed by atoms with Gasteiger partial charge in [-0.05, 0) is 63.9 Å². The third kappa shape index (κ3) is 4.19. The molecule has 2 aromatic heterocycles. The molecule has 1 amide bonds. The Morgan fingerprint density at radius 2 is 1.86 bits per heavy atom. The fourth-order valence-corrected chi connectivity index (χ4v) is 3.17. The minimum atomic E-state index is -0.372. The van der Waals surface area contributed by atoms with Crippen LogP contribution in [0.5, 0.6) is 0 Å². The van der Waals surface area contributed by atoms with Crippen LogP contribution in [0.3, 0.4) is 0 Å². The van der Waals surface area contributed by atoms with Gasteiger partial charge in [-0.15, -0.1) is 0 Å². The van der Waals surface area contributed by atoms with E-state index in [1.54, 1.807) is 31.2 Å². The van der Waals surface area contributed by atoms with Crippen LogP contribution in [0.25, 0.3) is 5.65 Å². The van der Waals surface area contributed by atoms with Crippen LogP contribution in [0.2, 0.25) is 0 Å². The van der Waals surface area contributed by atoms with Crippen LogP contribution in [0, 0.1) is 20.8 Å². The van der Waals surface area contributed by atoms with E-state index in [2.05, 4.69) is 15.4 Å². The summed E-state index contributed by atoms with van der Waals surface area (Å²) in [6, 6.07) is 8.61. The number of carbonyl (C=O) groups is 2. The summed E-state index contributed by atoms with van der Waals surface area (Å²) in [5, 5.41) is 7.32. The van der Waals surface area contributed by atoms with Crippen molar-refractivity contribution in [2.75, 3.05) is 11.9 Å². The molecule has 3 rings (SSSR count). The van der Waals surface area contributed by atoms with Gasteiger partial charge < -0.3 is 10.1 Å². The molecule has 0 unspecified atom stereocenters. The van der Waals surface area contributed by atoms with Gasteiger partial charge >= 0.3 is 5.97 Å². The molecule has 1 aromatic carbocycles. The summed E-state index contributed by atoms with van der Waals surface area (Å²) in [6.45, 7) is 7.97. The van der Waals surface area contributed by atoms with E-state index >= 15 is 0 Å². The van der Waals surface area contributed by atoms with Gasteiger partial charge in [0.15, 0.2) is 5.65 Å². The molecule has 3 aromatic rings. The first-order chi connectivity index (χ1) is 13.4. The monoisotopic (exact) mass is 380 g/mol. The smallest absolute Gasteiger partial charge is 0.338 e. The standard InChI is InChI=1S/C21H24N4O3/c1-5-28-21(27)16-6-8-17(9-7-16)23-20(26)11-10-18-14(3)22-19-12-13(2)24-25(19)15(18)4/h6-9,12H,5,10-11H2,1-4H3,(H,23,26). The zero-order chi connectivity index (χ0) is 20.3. The maximum absolute atomic E-state index is 12.4. The highest BCUT2D eigenvalue weighted by atomic mass is 16.5. The summed E-state index contributed by atoms with van der Waals surface area (Å²) in [4.78, 5) is 28.6. The van der Waals surface area contributed by atoms with Crippen LogP contribution in [0.4, 0.5) is 5.69 Å². The highest BCUT2D eigenvalue weighted by molar-refractivity contribution is 5.93. The number of nitrogens with one attached hydrogen (secondary N) is 1. The van der Waals surface area contributed by atoms with Gasteiger partial charge in [0.05, 0.1) is 17.9 Å². The topological polar surface area (TPSA) is 85.6 Å². The normalized spacial score (nSPS) is 10.9. The summed E-state index contributed by atoms with van der Waals surface area (Å²) in [6.07, 6.45) is 0.904. The molecular formula is C21H24N4O3. The van der Waals surface area contributed by atoms with Crippen LogP contribution < -0.4 is 5.32 Å². The van der Waals surface area contributed by atoms with E-state index < -0.39 is 0 Å². The van der Waals surface area contributed by atoms with Crippen molar-refractivity contribution in [3.05, 3.63) is 58.5 Å². The number of ether oxygens (including phenoxy) is 1. The molecule has 7 heteroatoms. The molecule has 1 N–H and O–H groups in total. The molecule has 0 bridgehead atoms. The van der Waals surface area contributed by atoms with Crippen molar-refractivity contribution in [1.29, 1.82) is 0 Å². The highest BCUT2D eigenvalue weighted by Crippen LogP contribution is 2.18. The Morgan fingerprint density at radius 1 is 1.14 bits per heavy atom. The highest BCUT2D eigenvalue weighted by Gasteiger charge is 2.13. The van der Waals surface area contributed by atoms with Crippen LogP contribution in [0.1, 0.15) is 46.3 Å². The van der Waals surface area contributed by atoms with E-state index in [4.69, 9.17) is 4.74 Å². The molecule has 0 aliphatic heterocycles. The van der Waals surface area contributed by atoms with E-state index in [1.165, 1.54) is 0 Å². The van der Waals surface area contributed by atoms with Gasteiger partial charge in [-0.1, -0.05) is 0 Å². The SMILES string of the molecule is CCOC(=O)c1ccc(NC(=O)CCc2c(C)nc3cc(C)nn3c2C)cc1. The first kappa shape index (κ1) is 19.5. The van der Waals surface area contributed by atoms with E-state index in [9.17, 15) is 9.59 Å². The van der Waals surface area contributed by atoms with Crippen molar-refractivity contribution in [2.24, 2.45) is 0 Å². The molecule has 7 nitrogen and oxygen atoms in total. The number of nitrogens with zero attached hydrogens (tertiary/aromatic N) is 3. The molecule has 0 saturated heterocycles. The summed E-state index contributed by atoms with van der Waals surface area (Å²) in [7, 11) is 0. The van der Waals surface area contributed by atoms with Crippen molar-refractivity contribution in [1.82, 2.24) is 14.6 Å². The number of rotatable bonds is 6. The number of hydrogen-bond acceptors (Lipinski definition) is 5.